The molecule has 2 rings (SSSR count). The number of anilines is 1. The van der Waals surface area contributed by atoms with Gasteiger partial charge in [-0.1, -0.05) is 17.7 Å². The second-order valence-electron chi connectivity index (χ2n) is 4.80. The molecule has 0 bridgehead atoms. The highest BCUT2D eigenvalue weighted by Gasteiger charge is 2.25. The quantitative estimate of drug-likeness (QED) is 0.743. The maximum atomic E-state index is 8.71. The Labute approximate surface area is 103 Å². The van der Waals surface area contributed by atoms with Gasteiger partial charge in [0, 0.05) is 24.8 Å². The summed E-state index contributed by atoms with van der Waals surface area (Å²) in [5, 5.41) is 8.71. The molecule has 1 aliphatic heterocycles. The first-order chi connectivity index (χ1) is 8.20. The molecule has 1 unspecified atom stereocenters. The third-order valence-corrected chi connectivity index (χ3v) is 3.51. The van der Waals surface area contributed by atoms with Crippen LogP contribution in [-0.4, -0.2) is 37.6 Å². The van der Waals surface area contributed by atoms with Gasteiger partial charge in [0.2, 0.25) is 0 Å². The van der Waals surface area contributed by atoms with Crippen molar-refractivity contribution in [1.82, 2.24) is 4.90 Å². The SMILES string of the molecule is Cc1ccc(N2CCC(N(C)CC#N)C2)cc1. The first kappa shape index (κ1) is 11.9. The van der Waals surface area contributed by atoms with E-state index in [-0.39, 0.29) is 0 Å². The fourth-order valence-corrected chi connectivity index (χ4v) is 2.33. The van der Waals surface area contributed by atoms with Crippen LogP contribution in [0.4, 0.5) is 5.69 Å². The molecule has 3 heteroatoms. The van der Waals surface area contributed by atoms with E-state index in [1.54, 1.807) is 0 Å². The van der Waals surface area contributed by atoms with Crippen molar-refractivity contribution >= 4 is 5.69 Å². The summed E-state index contributed by atoms with van der Waals surface area (Å²) >= 11 is 0. The van der Waals surface area contributed by atoms with Gasteiger partial charge in [-0.2, -0.15) is 5.26 Å². The van der Waals surface area contributed by atoms with Gasteiger partial charge in [-0.3, -0.25) is 4.90 Å². The molecule has 0 aromatic heterocycles. The summed E-state index contributed by atoms with van der Waals surface area (Å²) in [7, 11) is 2.03. The molecule has 1 saturated heterocycles. The molecule has 17 heavy (non-hydrogen) atoms. The van der Waals surface area contributed by atoms with E-state index in [4.69, 9.17) is 5.26 Å². The molecule has 0 radical (unpaired) electrons. The fourth-order valence-electron chi connectivity index (χ4n) is 2.33. The Hall–Kier alpha value is -1.53. The molecule has 1 fully saturated rings. The van der Waals surface area contributed by atoms with Crippen LogP contribution in [0, 0.1) is 18.3 Å². The Kier molecular flexibility index (Phi) is 3.65. The second kappa shape index (κ2) is 5.20. The number of likely N-dealkylation sites (N-methyl/N-ethyl adjacent to an activating group) is 1. The van der Waals surface area contributed by atoms with Crippen molar-refractivity contribution in [2.75, 3.05) is 31.6 Å². The molecule has 1 atom stereocenters. The van der Waals surface area contributed by atoms with Crippen molar-refractivity contribution in [2.45, 2.75) is 19.4 Å². The van der Waals surface area contributed by atoms with Gasteiger partial charge in [-0.25, -0.2) is 0 Å². The van der Waals surface area contributed by atoms with Crippen LogP contribution in [0.15, 0.2) is 24.3 Å². The number of hydrogen-bond donors (Lipinski definition) is 0. The summed E-state index contributed by atoms with van der Waals surface area (Å²) in [4.78, 5) is 4.55. The summed E-state index contributed by atoms with van der Waals surface area (Å²) in [6.07, 6.45) is 1.14. The van der Waals surface area contributed by atoms with Crippen LogP contribution in [0.5, 0.6) is 0 Å². The van der Waals surface area contributed by atoms with Gasteiger partial charge in [-0.05, 0) is 32.5 Å². The average Bonchev–Trinajstić information content (AvgIpc) is 2.80. The molecule has 3 nitrogen and oxygen atoms in total. The lowest BCUT2D eigenvalue weighted by Crippen LogP contribution is -2.34. The van der Waals surface area contributed by atoms with E-state index in [9.17, 15) is 0 Å². The molecule has 0 saturated carbocycles. The van der Waals surface area contributed by atoms with Gasteiger partial charge < -0.3 is 4.90 Å². The summed E-state index contributed by atoms with van der Waals surface area (Å²) in [6.45, 7) is 4.74. The third kappa shape index (κ3) is 2.78. The van der Waals surface area contributed by atoms with Gasteiger partial charge in [-0.15, -0.1) is 0 Å². The Balaban J connectivity index is 1.98. The van der Waals surface area contributed by atoms with Gasteiger partial charge >= 0.3 is 0 Å². The number of aryl methyl sites for hydroxylation is 1. The van der Waals surface area contributed by atoms with Gasteiger partial charge in [0.25, 0.3) is 0 Å². The molecular weight excluding hydrogens is 210 g/mol. The minimum absolute atomic E-state index is 0.510. The molecule has 1 heterocycles. The maximum Gasteiger partial charge on any atom is 0.0866 e. The predicted octanol–water partition coefficient (Wildman–Crippen LogP) is 2.03. The fraction of sp³-hybridized carbons (Fsp3) is 0.500. The Morgan fingerprint density at radius 1 is 1.41 bits per heavy atom. The number of benzene rings is 1. The highest BCUT2D eigenvalue weighted by Crippen LogP contribution is 2.22. The maximum absolute atomic E-state index is 8.71. The van der Waals surface area contributed by atoms with E-state index in [1.807, 2.05) is 7.05 Å². The first-order valence-electron chi connectivity index (χ1n) is 6.09. The predicted molar refractivity (Wildman–Crippen MR) is 70.0 cm³/mol. The topological polar surface area (TPSA) is 30.3 Å². The van der Waals surface area contributed by atoms with Crippen molar-refractivity contribution < 1.29 is 0 Å². The highest BCUT2D eigenvalue weighted by molar-refractivity contribution is 5.48. The second-order valence-corrected chi connectivity index (χ2v) is 4.80. The lowest BCUT2D eigenvalue weighted by atomic mass is 10.2. The normalized spacial score (nSPS) is 19.6. The molecule has 0 amide bonds. The van der Waals surface area contributed by atoms with Gasteiger partial charge in [0.1, 0.15) is 0 Å². The number of nitrogens with zero attached hydrogens (tertiary/aromatic N) is 3. The number of nitriles is 1. The molecule has 0 spiro atoms. The molecule has 1 aromatic carbocycles. The highest BCUT2D eigenvalue weighted by atomic mass is 15.2. The standard InChI is InChI=1S/C14H19N3/c1-12-3-5-13(6-4-12)17-9-7-14(11-17)16(2)10-8-15/h3-6,14H,7,9-11H2,1-2H3. The van der Waals surface area contributed by atoms with E-state index in [0.717, 1.165) is 19.5 Å². The van der Waals surface area contributed by atoms with Crippen molar-refractivity contribution in [3.63, 3.8) is 0 Å². The Morgan fingerprint density at radius 2 is 2.12 bits per heavy atom. The number of rotatable bonds is 3. The summed E-state index contributed by atoms with van der Waals surface area (Å²) in [5.74, 6) is 0. The average molecular weight is 229 g/mol. The number of hydrogen-bond acceptors (Lipinski definition) is 3. The zero-order valence-electron chi connectivity index (χ0n) is 10.6. The van der Waals surface area contributed by atoms with Crippen LogP contribution >= 0.6 is 0 Å². The van der Waals surface area contributed by atoms with Crippen LogP contribution < -0.4 is 4.90 Å². The largest absolute Gasteiger partial charge is 0.370 e. The van der Waals surface area contributed by atoms with E-state index < -0.39 is 0 Å². The van der Waals surface area contributed by atoms with E-state index in [2.05, 4.69) is 47.1 Å². The van der Waals surface area contributed by atoms with Crippen molar-refractivity contribution in [3.05, 3.63) is 29.8 Å². The van der Waals surface area contributed by atoms with Crippen LogP contribution in [0.25, 0.3) is 0 Å². The molecule has 0 N–H and O–H groups in total. The van der Waals surface area contributed by atoms with Crippen LogP contribution in [0.1, 0.15) is 12.0 Å². The molecule has 90 valence electrons. The zero-order valence-corrected chi connectivity index (χ0v) is 10.6. The summed E-state index contributed by atoms with van der Waals surface area (Å²) in [6, 6.07) is 11.4. The van der Waals surface area contributed by atoms with E-state index in [1.165, 1.54) is 11.3 Å². The molecular formula is C14H19N3. The molecule has 1 aliphatic rings. The minimum Gasteiger partial charge on any atom is -0.370 e. The summed E-state index contributed by atoms with van der Waals surface area (Å²) in [5.41, 5.74) is 2.59. The third-order valence-electron chi connectivity index (χ3n) is 3.51. The smallest absolute Gasteiger partial charge is 0.0866 e. The molecule has 1 aromatic rings. The van der Waals surface area contributed by atoms with Crippen LogP contribution in [-0.2, 0) is 0 Å². The van der Waals surface area contributed by atoms with Crippen molar-refractivity contribution in [1.29, 1.82) is 5.26 Å². The summed E-state index contributed by atoms with van der Waals surface area (Å²) < 4.78 is 0. The van der Waals surface area contributed by atoms with E-state index >= 15 is 0 Å². The monoisotopic (exact) mass is 229 g/mol. The molecule has 0 aliphatic carbocycles. The van der Waals surface area contributed by atoms with Crippen LogP contribution in [0.3, 0.4) is 0 Å². The Bertz CT molecular complexity index is 404. The van der Waals surface area contributed by atoms with E-state index in [0.29, 0.717) is 12.6 Å². The van der Waals surface area contributed by atoms with Crippen LogP contribution in [0.2, 0.25) is 0 Å². The Morgan fingerprint density at radius 3 is 2.76 bits per heavy atom. The van der Waals surface area contributed by atoms with Crippen molar-refractivity contribution in [2.24, 2.45) is 0 Å². The first-order valence-corrected chi connectivity index (χ1v) is 6.09. The lowest BCUT2D eigenvalue weighted by molar-refractivity contribution is 0.289. The zero-order chi connectivity index (χ0) is 12.3. The van der Waals surface area contributed by atoms with Crippen molar-refractivity contribution in [3.8, 4) is 6.07 Å². The lowest BCUT2D eigenvalue weighted by Gasteiger charge is -2.23. The minimum atomic E-state index is 0.510. The van der Waals surface area contributed by atoms with Gasteiger partial charge in [0.05, 0.1) is 12.6 Å². The van der Waals surface area contributed by atoms with Gasteiger partial charge in [0.15, 0.2) is 0 Å².